The third kappa shape index (κ3) is 3.14. The lowest BCUT2D eigenvalue weighted by molar-refractivity contribution is 0.00560. The zero-order chi connectivity index (χ0) is 11.8. The van der Waals surface area contributed by atoms with Gasteiger partial charge in [0, 0.05) is 0 Å². The summed E-state index contributed by atoms with van der Waals surface area (Å²) in [4.78, 5) is 0. The van der Waals surface area contributed by atoms with Gasteiger partial charge >= 0.3 is 5.76 Å². The van der Waals surface area contributed by atoms with Crippen molar-refractivity contribution in [3.8, 4) is 0 Å². The molecule has 0 rings (SSSR count). The van der Waals surface area contributed by atoms with Crippen LogP contribution in [0.25, 0.3) is 0 Å². The molecule has 0 unspecified atom stereocenters. The van der Waals surface area contributed by atoms with E-state index in [1.807, 2.05) is 0 Å². The van der Waals surface area contributed by atoms with Crippen molar-refractivity contribution < 1.29 is 22.3 Å². The van der Waals surface area contributed by atoms with E-state index in [4.69, 9.17) is 0 Å². The Kier molecular flexibility index (Phi) is 3.64. The lowest BCUT2D eigenvalue weighted by atomic mass is 9.87. The van der Waals surface area contributed by atoms with Crippen LogP contribution < -0.4 is 4.72 Å². The van der Waals surface area contributed by atoms with Gasteiger partial charge in [0.1, 0.15) is 0 Å². The molecular formula is C7H15F2NO3S. The van der Waals surface area contributed by atoms with Crippen LogP contribution in [0.15, 0.2) is 0 Å². The highest BCUT2D eigenvalue weighted by Crippen LogP contribution is 2.22. The zero-order valence-electron chi connectivity index (χ0n) is 8.51. The first-order valence-electron chi connectivity index (χ1n) is 3.93. The molecule has 4 nitrogen and oxygen atoms in total. The van der Waals surface area contributed by atoms with Crippen molar-refractivity contribution >= 4 is 10.0 Å². The Morgan fingerprint density at radius 1 is 1.21 bits per heavy atom. The molecule has 0 bridgehead atoms. The first-order chi connectivity index (χ1) is 5.90. The molecule has 86 valence electrons. The Morgan fingerprint density at radius 2 is 1.57 bits per heavy atom. The zero-order valence-corrected chi connectivity index (χ0v) is 9.32. The molecule has 14 heavy (non-hydrogen) atoms. The van der Waals surface area contributed by atoms with Gasteiger partial charge in [0.2, 0.25) is 0 Å². The maximum absolute atomic E-state index is 12.0. The number of halogens is 2. The summed E-state index contributed by atoms with van der Waals surface area (Å²) in [5.41, 5.74) is -2.79. The van der Waals surface area contributed by atoms with Gasteiger partial charge in [0.05, 0.1) is 11.1 Å². The maximum atomic E-state index is 12.0. The van der Waals surface area contributed by atoms with E-state index < -0.39 is 26.9 Å². The molecule has 0 aliphatic heterocycles. The number of nitrogens with one attached hydrogen (secondary N) is 1. The smallest absolute Gasteiger partial charge is 0.350 e. The van der Waals surface area contributed by atoms with Gasteiger partial charge in [-0.15, -0.1) is 0 Å². The van der Waals surface area contributed by atoms with Crippen LogP contribution in [-0.2, 0) is 10.0 Å². The van der Waals surface area contributed by atoms with Crippen molar-refractivity contribution in [3.63, 3.8) is 0 Å². The highest BCUT2D eigenvalue weighted by Gasteiger charge is 2.40. The third-order valence-electron chi connectivity index (χ3n) is 2.16. The molecule has 0 fully saturated rings. The second-order valence-corrected chi connectivity index (χ2v) is 5.74. The first-order valence-corrected chi connectivity index (χ1v) is 5.48. The van der Waals surface area contributed by atoms with E-state index >= 15 is 0 Å². The van der Waals surface area contributed by atoms with Crippen molar-refractivity contribution in [2.45, 2.75) is 44.6 Å². The molecule has 0 amide bonds. The highest BCUT2D eigenvalue weighted by atomic mass is 32.2. The van der Waals surface area contributed by atoms with E-state index in [0.717, 1.165) is 0 Å². The molecule has 0 aromatic carbocycles. The Hall–Kier alpha value is -0.270. The van der Waals surface area contributed by atoms with Gasteiger partial charge in [-0.05, 0) is 27.7 Å². The summed E-state index contributed by atoms with van der Waals surface area (Å²) in [5, 5.41) is 9.52. The highest BCUT2D eigenvalue weighted by molar-refractivity contribution is 7.89. The van der Waals surface area contributed by atoms with E-state index in [2.05, 4.69) is 0 Å². The fourth-order valence-corrected chi connectivity index (χ4v) is 1.58. The van der Waals surface area contributed by atoms with E-state index in [9.17, 15) is 22.3 Å². The number of hydrogen-bond acceptors (Lipinski definition) is 3. The molecule has 0 aromatic heterocycles. The molecule has 2 N–H and O–H groups in total. The minimum atomic E-state index is -4.68. The summed E-state index contributed by atoms with van der Waals surface area (Å²) in [6.45, 7) is 5.32. The van der Waals surface area contributed by atoms with Crippen LogP contribution in [0.1, 0.15) is 27.7 Å². The second-order valence-electron chi connectivity index (χ2n) is 4.09. The van der Waals surface area contributed by atoms with Gasteiger partial charge in [-0.25, -0.2) is 13.1 Å². The van der Waals surface area contributed by atoms with Crippen molar-refractivity contribution in [2.75, 3.05) is 0 Å². The van der Waals surface area contributed by atoms with Gasteiger partial charge in [-0.3, -0.25) is 0 Å². The average molecular weight is 231 g/mol. The molecule has 0 aromatic rings. The third-order valence-corrected chi connectivity index (χ3v) is 3.43. The molecule has 0 saturated heterocycles. The molecule has 0 aliphatic rings. The Morgan fingerprint density at radius 3 is 1.79 bits per heavy atom. The summed E-state index contributed by atoms with van der Waals surface area (Å²) in [5.74, 6) is -3.50. The quantitative estimate of drug-likeness (QED) is 0.747. The van der Waals surface area contributed by atoms with Crippen molar-refractivity contribution in [1.82, 2.24) is 4.72 Å². The van der Waals surface area contributed by atoms with Crippen LogP contribution in [0.2, 0.25) is 0 Å². The summed E-state index contributed by atoms with van der Waals surface area (Å²) in [6.07, 6.45) is 0. The monoisotopic (exact) mass is 231 g/mol. The number of sulfonamides is 1. The number of alkyl halides is 2. The minimum absolute atomic E-state index is 1.33. The standard InChI is InChI=1S/C7H15F2NO3S/c1-6(2,7(3,4)11)10-14(12,13)5(8)9/h5,10-11H,1-4H3. The van der Waals surface area contributed by atoms with Crippen LogP contribution in [0.4, 0.5) is 8.78 Å². The fourth-order valence-electron chi connectivity index (χ4n) is 0.525. The Balaban J connectivity index is 4.87. The van der Waals surface area contributed by atoms with Crippen molar-refractivity contribution in [3.05, 3.63) is 0 Å². The summed E-state index contributed by atoms with van der Waals surface area (Å²) in [7, 11) is -4.68. The van der Waals surface area contributed by atoms with Gasteiger partial charge in [0.25, 0.3) is 10.0 Å². The van der Waals surface area contributed by atoms with E-state index in [0.29, 0.717) is 0 Å². The maximum Gasteiger partial charge on any atom is 0.350 e. The Bertz CT molecular complexity index is 293. The largest absolute Gasteiger partial charge is 0.389 e. The predicted molar refractivity (Wildman–Crippen MR) is 48.4 cm³/mol. The van der Waals surface area contributed by atoms with Crippen LogP contribution >= 0.6 is 0 Å². The van der Waals surface area contributed by atoms with Gasteiger partial charge in [0.15, 0.2) is 0 Å². The predicted octanol–water partition coefficient (Wildman–Crippen LogP) is 0.678. The van der Waals surface area contributed by atoms with Crippen molar-refractivity contribution in [2.24, 2.45) is 0 Å². The van der Waals surface area contributed by atoms with E-state index in [1.54, 1.807) is 4.72 Å². The lowest BCUT2D eigenvalue weighted by Crippen LogP contribution is -2.58. The summed E-state index contributed by atoms with van der Waals surface area (Å²) in [6, 6.07) is 0. The van der Waals surface area contributed by atoms with E-state index in [-0.39, 0.29) is 0 Å². The normalized spacial score (nSPS) is 14.9. The van der Waals surface area contributed by atoms with Crippen LogP contribution in [-0.4, -0.2) is 30.4 Å². The molecule has 0 atom stereocenters. The molecule has 0 aliphatic carbocycles. The molecular weight excluding hydrogens is 216 g/mol. The van der Waals surface area contributed by atoms with Gasteiger partial charge < -0.3 is 5.11 Å². The average Bonchev–Trinajstić information content (AvgIpc) is 1.80. The number of rotatable bonds is 4. The SMILES string of the molecule is CC(C)(O)C(C)(C)NS(=O)(=O)C(F)F. The summed E-state index contributed by atoms with van der Waals surface area (Å²) < 4.78 is 47.4. The fraction of sp³-hybridized carbons (Fsp3) is 1.00. The van der Waals surface area contributed by atoms with Crippen LogP contribution in [0.5, 0.6) is 0 Å². The topological polar surface area (TPSA) is 66.4 Å². The minimum Gasteiger partial charge on any atom is -0.389 e. The summed E-state index contributed by atoms with van der Waals surface area (Å²) >= 11 is 0. The lowest BCUT2D eigenvalue weighted by Gasteiger charge is -2.37. The number of aliphatic hydroxyl groups is 1. The van der Waals surface area contributed by atoms with Crippen LogP contribution in [0, 0.1) is 0 Å². The van der Waals surface area contributed by atoms with E-state index in [1.165, 1.54) is 27.7 Å². The first kappa shape index (κ1) is 13.7. The molecule has 0 spiro atoms. The van der Waals surface area contributed by atoms with Gasteiger partial charge in [-0.1, -0.05) is 0 Å². The van der Waals surface area contributed by atoms with Gasteiger partial charge in [-0.2, -0.15) is 8.78 Å². The molecule has 7 heteroatoms. The molecule has 0 heterocycles. The van der Waals surface area contributed by atoms with Crippen molar-refractivity contribution in [1.29, 1.82) is 0 Å². The molecule has 0 radical (unpaired) electrons. The van der Waals surface area contributed by atoms with Crippen LogP contribution in [0.3, 0.4) is 0 Å². The Labute approximate surface area is 82.4 Å². The number of hydrogen-bond donors (Lipinski definition) is 2. The second kappa shape index (κ2) is 3.71. The molecule has 0 saturated carbocycles.